The highest BCUT2D eigenvalue weighted by atomic mass is 16.5. The zero-order valence-corrected chi connectivity index (χ0v) is 24.8. The van der Waals surface area contributed by atoms with Crippen LogP contribution in [0.5, 0.6) is 5.75 Å². The number of carboxylic acid groups (broad SMARTS) is 1. The van der Waals surface area contributed by atoms with Gasteiger partial charge in [-0.2, -0.15) is 14.7 Å². The Morgan fingerprint density at radius 3 is 2.69 bits per heavy atom. The first-order valence-electron chi connectivity index (χ1n) is 14.6. The summed E-state index contributed by atoms with van der Waals surface area (Å²) in [5.41, 5.74) is 4.97. The molecule has 220 valence electrons. The lowest BCUT2D eigenvalue weighted by molar-refractivity contribution is -0.138. The highest BCUT2D eigenvalue weighted by Crippen LogP contribution is 2.40. The van der Waals surface area contributed by atoms with E-state index in [-0.39, 0.29) is 5.41 Å². The van der Waals surface area contributed by atoms with Crippen molar-refractivity contribution in [3.8, 4) is 17.0 Å². The first-order valence-corrected chi connectivity index (χ1v) is 14.6. The van der Waals surface area contributed by atoms with Gasteiger partial charge >= 0.3 is 5.97 Å². The van der Waals surface area contributed by atoms with Gasteiger partial charge in [0.1, 0.15) is 18.2 Å². The van der Waals surface area contributed by atoms with Crippen molar-refractivity contribution in [2.24, 2.45) is 5.41 Å². The zero-order chi connectivity index (χ0) is 29.9. The molecule has 9 heteroatoms. The molecule has 0 saturated carbocycles. The number of aromatic nitrogens is 5. The Bertz CT molecular complexity index is 1590. The Morgan fingerprint density at radius 2 is 1.98 bits per heavy atom. The molecule has 4 aromatic rings. The number of carboxylic acids is 1. The van der Waals surface area contributed by atoms with Gasteiger partial charge in [-0.3, -0.25) is 9.48 Å². The average molecular weight is 569 g/mol. The molecular formula is C33H40N6O3. The summed E-state index contributed by atoms with van der Waals surface area (Å²) in [4.78, 5) is 19.3. The van der Waals surface area contributed by atoms with Crippen molar-refractivity contribution in [3.05, 3.63) is 84.9 Å². The fourth-order valence-corrected chi connectivity index (χ4v) is 5.83. The second kappa shape index (κ2) is 12.2. The molecular weight excluding hydrogens is 528 g/mol. The minimum absolute atomic E-state index is 0.240. The summed E-state index contributed by atoms with van der Waals surface area (Å²) in [7, 11) is 0. The second-order valence-corrected chi connectivity index (χ2v) is 11.6. The smallest absolute Gasteiger partial charge is 0.310 e. The molecule has 1 unspecified atom stereocenters. The lowest BCUT2D eigenvalue weighted by atomic mass is 9.76. The van der Waals surface area contributed by atoms with E-state index in [0.29, 0.717) is 30.1 Å². The SMILES string of the molecule is C=CCCC1(C)CCN(c2c(C(C)C(=O)O)c(C)nc3cc(-c4cnn(Cc5ccccc5OCC=C)c4)nn23)CC1. The van der Waals surface area contributed by atoms with E-state index in [0.717, 1.165) is 67.2 Å². The standard InChI is InChI=1S/C33H40N6O3/c1-6-8-13-33(5)14-16-37(17-15-33)31-30(23(3)32(40)41)24(4)35-29-19-27(36-39(29)31)26-20-34-38(22-26)21-25-11-9-10-12-28(25)42-18-7-2/h6-7,9-12,19-20,22-23H,1-2,8,13-18,21H2,3-5H3,(H,40,41). The molecule has 3 aromatic heterocycles. The van der Waals surface area contributed by atoms with Gasteiger partial charge in [-0.15, -0.1) is 6.58 Å². The highest BCUT2D eigenvalue weighted by Gasteiger charge is 2.34. The van der Waals surface area contributed by atoms with Crippen LogP contribution in [0, 0.1) is 12.3 Å². The summed E-state index contributed by atoms with van der Waals surface area (Å²) in [6.07, 6.45) is 11.6. The van der Waals surface area contributed by atoms with E-state index < -0.39 is 11.9 Å². The summed E-state index contributed by atoms with van der Waals surface area (Å²) < 4.78 is 9.51. The fourth-order valence-electron chi connectivity index (χ4n) is 5.83. The maximum absolute atomic E-state index is 12.2. The molecule has 0 spiro atoms. The molecule has 1 aromatic carbocycles. The van der Waals surface area contributed by atoms with Crippen LogP contribution in [-0.2, 0) is 11.3 Å². The largest absolute Gasteiger partial charge is 0.489 e. The number of aliphatic carboxylic acids is 1. The number of hydrogen-bond donors (Lipinski definition) is 1. The predicted molar refractivity (Wildman–Crippen MR) is 165 cm³/mol. The fraction of sp³-hybridized carbons (Fsp3) is 0.394. The van der Waals surface area contributed by atoms with Crippen LogP contribution in [0.1, 0.15) is 62.3 Å². The van der Waals surface area contributed by atoms with E-state index in [9.17, 15) is 9.90 Å². The van der Waals surface area contributed by atoms with Crippen molar-refractivity contribution >= 4 is 17.4 Å². The van der Waals surface area contributed by atoms with Gasteiger partial charge in [-0.25, -0.2) is 4.98 Å². The quantitative estimate of drug-likeness (QED) is 0.201. The first-order chi connectivity index (χ1) is 20.2. The average Bonchev–Trinajstić information content (AvgIpc) is 3.62. The Balaban J connectivity index is 1.49. The molecule has 1 saturated heterocycles. The van der Waals surface area contributed by atoms with Crippen molar-refractivity contribution in [2.75, 3.05) is 24.6 Å². The number of para-hydroxylation sites is 1. The number of hydrogen-bond acceptors (Lipinski definition) is 6. The summed E-state index contributed by atoms with van der Waals surface area (Å²) in [5, 5.41) is 19.6. The van der Waals surface area contributed by atoms with Crippen LogP contribution in [-0.4, -0.2) is 55.2 Å². The lowest BCUT2D eigenvalue weighted by Gasteiger charge is -2.41. The van der Waals surface area contributed by atoms with E-state index >= 15 is 0 Å². The van der Waals surface area contributed by atoms with Gasteiger partial charge in [0.25, 0.3) is 0 Å². The molecule has 1 fully saturated rings. The van der Waals surface area contributed by atoms with Crippen molar-refractivity contribution in [1.82, 2.24) is 24.4 Å². The maximum Gasteiger partial charge on any atom is 0.310 e. The molecule has 5 rings (SSSR count). The number of aryl methyl sites for hydroxylation is 1. The van der Waals surface area contributed by atoms with Gasteiger partial charge < -0.3 is 14.7 Å². The summed E-state index contributed by atoms with van der Waals surface area (Å²) >= 11 is 0. The number of allylic oxidation sites excluding steroid dienone is 1. The van der Waals surface area contributed by atoms with Crippen molar-refractivity contribution < 1.29 is 14.6 Å². The van der Waals surface area contributed by atoms with Crippen molar-refractivity contribution in [2.45, 2.75) is 58.9 Å². The molecule has 1 aliphatic heterocycles. The molecule has 0 radical (unpaired) electrons. The van der Waals surface area contributed by atoms with Crippen molar-refractivity contribution in [3.63, 3.8) is 0 Å². The zero-order valence-electron chi connectivity index (χ0n) is 24.8. The topological polar surface area (TPSA) is 97.8 Å². The van der Waals surface area contributed by atoms with Gasteiger partial charge in [0.05, 0.1) is 24.4 Å². The molecule has 9 nitrogen and oxygen atoms in total. The normalized spacial score (nSPS) is 15.5. The van der Waals surface area contributed by atoms with E-state index in [1.165, 1.54) is 0 Å². The van der Waals surface area contributed by atoms with Gasteiger partial charge in [-0.1, -0.05) is 43.9 Å². The number of benzene rings is 1. The van der Waals surface area contributed by atoms with Gasteiger partial charge in [0.15, 0.2) is 5.65 Å². The van der Waals surface area contributed by atoms with Crippen LogP contribution in [0.15, 0.2) is 68.0 Å². The van der Waals surface area contributed by atoms with E-state index in [2.05, 4.69) is 30.1 Å². The molecule has 0 aliphatic carbocycles. The van der Waals surface area contributed by atoms with Crippen LogP contribution in [0.4, 0.5) is 5.82 Å². The van der Waals surface area contributed by atoms with Crippen LogP contribution in [0.3, 0.4) is 0 Å². The van der Waals surface area contributed by atoms with Crippen LogP contribution >= 0.6 is 0 Å². The summed E-state index contributed by atoms with van der Waals surface area (Å²) in [6, 6.07) is 9.85. The third kappa shape index (κ3) is 5.95. The molecule has 4 heterocycles. The number of anilines is 1. The molecule has 1 aliphatic rings. The molecule has 0 amide bonds. The maximum atomic E-state index is 12.2. The Morgan fingerprint density at radius 1 is 1.21 bits per heavy atom. The predicted octanol–water partition coefficient (Wildman–Crippen LogP) is 6.28. The number of ether oxygens (including phenoxy) is 1. The minimum Gasteiger partial charge on any atom is -0.489 e. The molecule has 1 atom stereocenters. The lowest BCUT2D eigenvalue weighted by Crippen LogP contribution is -2.40. The van der Waals surface area contributed by atoms with Crippen LogP contribution < -0.4 is 9.64 Å². The Kier molecular flexibility index (Phi) is 8.47. The molecule has 1 N–H and O–H groups in total. The summed E-state index contributed by atoms with van der Waals surface area (Å²) in [6.45, 7) is 16.2. The molecule has 0 bridgehead atoms. The minimum atomic E-state index is -0.876. The van der Waals surface area contributed by atoms with Gasteiger partial charge in [-0.05, 0) is 51.0 Å². The van der Waals surface area contributed by atoms with Crippen molar-refractivity contribution in [1.29, 1.82) is 0 Å². The molecule has 42 heavy (non-hydrogen) atoms. The van der Waals surface area contributed by atoms with E-state index in [4.69, 9.17) is 14.8 Å². The van der Waals surface area contributed by atoms with Crippen LogP contribution in [0.2, 0.25) is 0 Å². The number of nitrogens with zero attached hydrogens (tertiary/aromatic N) is 6. The first kappa shape index (κ1) is 29.1. The number of piperidine rings is 1. The number of carbonyl (C=O) groups is 1. The Hall–Kier alpha value is -4.40. The third-order valence-electron chi connectivity index (χ3n) is 8.42. The Labute approximate surface area is 247 Å². The number of fused-ring (bicyclic) bond motifs is 1. The van der Waals surface area contributed by atoms with Crippen LogP contribution in [0.25, 0.3) is 16.9 Å². The third-order valence-corrected chi connectivity index (χ3v) is 8.42. The van der Waals surface area contributed by atoms with Gasteiger partial charge in [0, 0.05) is 47.7 Å². The number of rotatable bonds is 12. The van der Waals surface area contributed by atoms with E-state index in [1.54, 1.807) is 19.2 Å². The van der Waals surface area contributed by atoms with E-state index in [1.807, 2.05) is 58.7 Å². The monoisotopic (exact) mass is 568 g/mol. The van der Waals surface area contributed by atoms with Gasteiger partial charge in [0.2, 0.25) is 0 Å². The summed E-state index contributed by atoms with van der Waals surface area (Å²) in [5.74, 6) is 0.0305. The second-order valence-electron chi connectivity index (χ2n) is 11.6. The highest BCUT2D eigenvalue weighted by molar-refractivity contribution is 5.79.